The van der Waals surface area contributed by atoms with Gasteiger partial charge in [0.15, 0.2) is 5.78 Å². The van der Waals surface area contributed by atoms with Crippen LogP contribution in [0.3, 0.4) is 0 Å². The zero-order chi connectivity index (χ0) is 27.2. The number of fused-ring (bicyclic) bond motifs is 1. The van der Waals surface area contributed by atoms with Gasteiger partial charge in [0.05, 0.1) is 16.5 Å². The lowest BCUT2D eigenvalue weighted by molar-refractivity contribution is -0.127. The molecular formula is C30H28FN5O3. The van der Waals surface area contributed by atoms with Gasteiger partial charge in [-0.15, -0.1) is 0 Å². The number of hydrogen-bond acceptors (Lipinski definition) is 6. The molecule has 2 N–H and O–H groups in total. The van der Waals surface area contributed by atoms with E-state index >= 15 is 4.39 Å². The summed E-state index contributed by atoms with van der Waals surface area (Å²) < 4.78 is 20.8. The fourth-order valence-electron chi connectivity index (χ4n) is 4.84. The number of hydrogen-bond donors (Lipinski definition) is 2. The topological polar surface area (TPSA) is 100 Å². The second-order valence-corrected chi connectivity index (χ2v) is 9.29. The molecule has 0 aliphatic carbocycles. The number of H-pyrrole nitrogens is 1. The van der Waals surface area contributed by atoms with Gasteiger partial charge in [-0.25, -0.2) is 14.4 Å². The van der Waals surface area contributed by atoms with Crippen LogP contribution in [0.1, 0.15) is 48.5 Å². The number of likely N-dealkylation sites (tertiary alicyclic amines) is 1. The standard InChI is InChI=1S/C30H28FN5O3/c1-2-9-26(37)36-15-8-4-5-10-20(36)17-32-29-27-24(18-33-30(27)35-19-34-29)28(38)23-14-13-22(16-25(23)31)39-21-11-6-3-7-12-21/h3,6-7,11-14,16,18-20H,4-5,8,10,15,17H2,1H3,(H2,32,33,34,35). The second kappa shape index (κ2) is 11.8. The van der Waals surface area contributed by atoms with E-state index in [2.05, 4.69) is 32.1 Å². The summed E-state index contributed by atoms with van der Waals surface area (Å²) in [6.45, 7) is 2.73. The van der Waals surface area contributed by atoms with Crippen molar-refractivity contribution < 1.29 is 18.7 Å². The molecule has 1 atom stereocenters. The molecule has 5 rings (SSSR count). The van der Waals surface area contributed by atoms with E-state index in [0.29, 0.717) is 35.7 Å². The monoisotopic (exact) mass is 525 g/mol. The largest absolute Gasteiger partial charge is 0.457 e. The van der Waals surface area contributed by atoms with Crippen molar-refractivity contribution in [3.05, 3.63) is 78.0 Å². The number of aromatic nitrogens is 3. The van der Waals surface area contributed by atoms with Gasteiger partial charge in [0, 0.05) is 31.4 Å². The highest BCUT2D eigenvalue weighted by Crippen LogP contribution is 2.29. The number of carbonyl (C=O) groups excluding carboxylic acids is 2. The Labute approximate surface area is 225 Å². The minimum Gasteiger partial charge on any atom is -0.457 e. The molecular weight excluding hydrogens is 497 g/mol. The summed E-state index contributed by atoms with van der Waals surface area (Å²) in [5.74, 6) is 5.24. The third kappa shape index (κ3) is 5.75. The zero-order valence-electron chi connectivity index (χ0n) is 21.5. The van der Waals surface area contributed by atoms with Crippen LogP contribution in [0.25, 0.3) is 11.0 Å². The highest BCUT2D eigenvalue weighted by atomic mass is 19.1. The zero-order valence-corrected chi connectivity index (χ0v) is 21.5. The maximum atomic E-state index is 15.1. The fraction of sp³-hybridized carbons (Fsp3) is 0.267. The van der Waals surface area contributed by atoms with Gasteiger partial charge in [-0.2, -0.15) is 0 Å². The van der Waals surface area contributed by atoms with E-state index in [0.717, 1.165) is 25.7 Å². The van der Waals surface area contributed by atoms with Crippen LogP contribution in [0.5, 0.6) is 11.5 Å². The third-order valence-corrected chi connectivity index (χ3v) is 6.75. The van der Waals surface area contributed by atoms with Gasteiger partial charge in [0.2, 0.25) is 0 Å². The summed E-state index contributed by atoms with van der Waals surface area (Å²) >= 11 is 0. The summed E-state index contributed by atoms with van der Waals surface area (Å²) in [4.78, 5) is 39.5. The SMILES string of the molecule is CC#CC(=O)N1CCCCCC1CNc1ncnc2[nH]cc(C(=O)c3ccc(Oc4ccccc4)cc3F)c12. The summed E-state index contributed by atoms with van der Waals surface area (Å²) in [7, 11) is 0. The van der Waals surface area contributed by atoms with Crippen LogP contribution in [0, 0.1) is 17.7 Å². The normalized spacial score (nSPS) is 15.2. The van der Waals surface area contributed by atoms with Crippen molar-refractivity contribution in [2.75, 3.05) is 18.4 Å². The Bertz CT molecular complexity index is 1560. The van der Waals surface area contributed by atoms with Crippen molar-refractivity contribution in [1.29, 1.82) is 0 Å². The van der Waals surface area contributed by atoms with Crippen LogP contribution in [-0.2, 0) is 4.79 Å². The lowest BCUT2D eigenvalue weighted by atomic mass is 10.0. The quantitative estimate of drug-likeness (QED) is 0.250. The van der Waals surface area contributed by atoms with E-state index in [1.807, 2.05) is 23.1 Å². The predicted molar refractivity (Wildman–Crippen MR) is 146 cm³/mol. The molecule has 3 heterocycles. The molecule has 1 unspecified atom stereocenters. The van der Waals surface area contributed by atoms with E-state index in [1.165, 1.54) is 24.7 Å². The second-order valence-electron chi connectivity index (χ2n) is 9.29. The van der Waals surface area contributed by atoms with Crippen LogP contribution < -0.4 is 10.1 Å². The number of anilines is 1. The summed E-state index contributed by atoms with van der Waals surface area (Å²) in [5, 5.41) is 3.78. The van der Waals surface area contributed by atoms with Gasteiger partial charge in [-0.3, -0.25) is 9.59 Å². The Balaban J connectivity index is 1.39. The molecule has 4 aromatic rings. The number of para-hydroxylation sites is 1. The summed E-state index contributed by atoms with van der Waals surface area (Å²) in [6.07, 6.45) is 6.73. The minimum atomic E-state index is -0.696. The molecule has 2 aromatic heterocycles. The summed E-state index contributed by atoms with van der Waals surface area (Å²) in [6, 6.07) is 13.1. The average molecular weight is 526 g/mol. The molecule has 198 valence electrons. The number of halogens is 1. The van der Waals surface area contributed by atoms with E-state index in [9.17, 15) is 9.59 Å². The molecule has 1 fully saturated rings. The number of benzene rings is 2. The number of nitrogens with one attached hydrogen (secondary N) is 2. The van der Waals surface area contributed by atoms with Crippen molar-refractivity contribution in [2.24, 2.45) is 0 Å². The Morgan fingerprint density at radius 3 is 2.74 bits per heavy atom. The molecule has 8 nitrogen and oxygen atoms in total. The lowest BCUT2D eigenvalue weighted by Crippen LogP contribution is -2.43. The van der Waals surface area contributed by atoms with Crippen molar-refractivity contribution in [2.45, 2.75) is 38.6 Å². The molecule has 9 heteroatoms. The smallest absolute Gasteiger partial charge is 0.298 e. The van der Waals surface area contributed by atoms with Crippen molar-refractivity contribution in [3.8, 4) is 23.3 Å². The first kappa shape index (κ1) is 25.9. The van der Waals surface area contributed by atoms with E-state index in [1.54, 1.807) is 25.1 Å². The predicted octanol–water partition coefficient (Wildman–Crippen LogP) is 5.33. The van der Waals surface area contributed by atoms with Crippen molar-refractivity contribution in [1.82, 2.24) is 19.9 Å². The van der Waals surface area contributed by atoms with Crippen LogP contribution in [0.4, 0.5) is 10.2 Å². The highest BCUT2D eigenvalue weighted by Gasteiger charge is 2.26. The van der Waals surface area contributed by atoms with E-state index in [-0.39, 0.29) is 28.8 Å². The fourth-order valence-corrected chi connectivity index (χ4v) is 4.84. The van der Waals surface area contributed by atoms with Gasteiger partial charge in [0.25, 0.3) is 5.91 Å². The molecule has 1 saturated heterocycles. The van der Waals surface area contributed by atoms with E-state index in [4.69, 9.17) is 4.74 Å². The first-order valence-corrected chi connectivity index (χ1v) is 12.9. The minimum absolute atomic E-state index is 0.0708. The molecule has 0 radical (unpaired) electrons. The highest BCUT2D eigenvalue weighted by molar-refractivity contribution is 6.18. The van der Waals surface area contributed by atoms with Crippen LogP contribution in [-0.4, -0.2) is 50.7 Å². The number of aromatic amines is 1. The van der Waals surface area contributed by atoms with Crippen LogP contribution in [0.15, 0.2) is 61.1 Å². The first-order chi connectivity index (χ1) is 19.0. The number of ether oxygens (including phenoxy) is 1. The Hall–Kier alpha value is -4.71. The lowest BCUT2D eigenvalue weighted by Gasteiger charge is -2.28. The van der Waals surface area contributed by atoms with Gasteiger partial charge < -0.3 is 19.9 Å². The number of amides is 1. The van der Waals surface area contributed by atoms with Gasteiger partial charge >= 0.3 is 0 Å². The molecule has 1 aliphatic rings. The first-order valence-electron chi connectivity index (χ1n) is 12.9. The number of rotatable bonds is 7. The Morgan fingerprint density at radius 1 is 1.10 bits per heavy atom. The Kier molecular flexibility index (Phi) is 7.83. The van der Waals surface area contributed by atoms with Crippen LogP contribution >= 0.6 is 0 Å². The third-order valence-electron chi connectivity index (χ3n) is 6.75. The number of carbonyl (C=O) groups is 2. The van der Waals surface area contributed by atoms with E-state index < -0.39 is 11.6 Å². The van der Waals surface area contributed by atoms with Crippen LogP contribution in [0.2, 0.25) is 0 Å². The summed E-state index contributed by atoms with van der Waals surface area (Å²) in [5.41, 5.74) is 0.602. The maximum absolute atomic E-state index is 15.1. The number of nitrogens with zero attached hydrogens (tertiary/aromatic N) is 3. The van der Waals surface area contributed by atoms with Gasteiger partial charge in [-0.05, 0) is 50.0 Å². The van der Waals surface area contributed by atoms with Gasteiger partial charge in [-0.1, -0.05) is 37.0 Å². The molecule has 1 amide bonds. The molecule has 2 aromatic carbocycles. The molecule has 0 spiro atoms. The van der Waals surface area contributed by atoms with Crippen molar-refractivity contribution in [3.63, 3.8) is 0 Å². The Morgan fingerprint density at radius 2 is 1.95 bits per heavy atom. The van der Waals surface area contributed by atoms with Gasteiger partial charge in [0.1, 0.15) is 35.1 Å². The maximum Gasteiger partial charge on any atom is 0.298 e. The molecule has 0 bridgehead atoms. The molecule has 0 saturated carbocycles. The molecule has 39 heavy (non-hydrogen) atoms. The number of ketones is 1. The average Bonchev–Trinajstić information content (AvgIpc) is 3.24. The van der Waals surface area contributed by atoms with Crippen molar-refractivity contribution >= 4 is 28.5 Å². The molecule has 1 aliphatic heterocycles.